The van der Waals surface area contributed by atoms with Crippen molar-refractivity contribution in [2.45, 2.75) is 64.2 Å². The molecule has 0 radical (unpaired) electrons. The molecule has 1 aromatic heterocycles. The van der Waals surface area contributed by atoms with Crippen LogP contribution in [0.25, 0.3) is 11.3 Å². The van der Waals surface area contributed by atoms with Gasteiger partial charge in [-0.1, -0.05) is 36.4 Å². The minimum atomic E-state index is -0.0853. The molecule has 0 spiro atoms. The molecule has 4 fully saturated rings. The van der Waals surface area contributed by atoms with Crippen LogP contribution >= 0.6 is 0 Å². The summed E-state index contributed by atoms with van der Waals surface area (Å²) in [6.45, 7) is 0. The minimum Gasteiger partial charge on any atom is -0.508 e. The summed E-state index contributed by atoms with van der Waals surface area (Å²) in [6.07, 6.45) is 11.1. The zero-order chi connectivity index (χ0) is 24.3. The smallest absolute Gasteiger partial charge is 0.229 e. The maximum atomic E-state index is 13.1. The Hall–Kier alpha value is -3.21. The van der Waals surface area contributed by atoms with Crippen molar-refractivity contribution in [2.24, 2.45) is 23.2 Å². The average molecular weight is 480 g/mol. The Bertz CT molecular complexity index is 1290. The Morgan fingerprint density at radius 2 is 1.61 bits per heavy atom. The average Bonchev–Trinajstić information content (AvgIpc) is 2.85. The number of anilines is 1. The summed E-state index contributed by atoms with van der Waals surface area (Å²) in [5.41, 5.74) is 6.67. The summed E-state index contributed by atoms with van der Waals surface area (Å²) in [4.78, 5) is 23.5. The van der Waals surface area contributed by atoms with Crippen molar-refractivity contribution in [1.29, 1.82) is 0 Å². The molecule has 0 saturated heterocycles. The van der Waals surface area contributed by atoms with Crippen molar-refractivity contribution in [3.63, 3.8) is 0 Å². The molecule has 8 rings (SSSR count). The number of nitrogens with zero attached hydrogens (tertiary/aromatic N) is 2. The van der Waals surface area contributed by atoms with Crippen LogP contribution in [0.1, 0.15) is 61.0 Å². The van der Waals surface area contributed by atoms with Crippen molar-refractivity contribution in [3.05, 3.63) is 71.0 Å². The van der Waals surface area contributed by atoms with Gasteiger partial charge >= 0.3 is 0 Å². The third-order valence-electron chi connectivity index (χ3n) is 9.21. The van der Waals surface area contributed by atoms with E-state index < -0.39 is 0 Å². The van der Waals surface area contributed by atoms with Gasteiger partial charge in [0.05, 0.1) is 23.5 Å². The molecule has 5 aliphatic carbocycles. The number of phenols is 1. The number of hydrogen-bond acceptors (Lipinski definition) is 4. The quantitative estimate of drug-likeness (QED) is 0.479. The van der Waals surface area contributed by atoms with Gasteiger partial charge in [-0.2, -0.15) is 0 Å². The highest BCUT2D eigenvalue weighted by Crippen LogP contribution is 2.61. The molecule has 3 aromatic rings. The molecule has 5 aliphatic rings. The lowest BCUT2D eigenvalue weighted by atomic mass is 9.48. The van der Waals surface area contributed by atoms with Gasteiger partial charge in [0.15, 0.2) is 5.82 Å². The Balaban J connectivity index is 1.24. The van der Waals surface area contributed by atoms with Gasteiger partial charge in [-0.3, -0.25) is 4.79 Å². The van der Waals surface area contributed by atoms with Crippen molar-refractivity contribution < 1.29 is 9.90 Å². The predicted octanol–water partition coefficient (Wildman–Crippen LogP) is 5.89. The molecular weight excluding hydrogens is 446 g/mol. The minimum absolute atomic E-state index is 0.0853. The fourth-order valence-corrected chi connectivity index (χ4v) is 8.18. The zero-order valence-electron chi connectivity index (χ0n) is 20.7. The Morgan fingerprint density at radius 1 is 0.917 bits per heavy atom. The summed E-state index contributed by atoms with van der Waals surface area (Å²) in [5.74, 6) is 3.39. The first kappa shape index (κ1) is 22.0. The summed E-state index contributed by atoms with van der Waals surface area (Å²) in [5, 5.41) is 12.7. The van der Waals surface area contributed by atoms with Gasteiger partial charge in [0.2, 0.25) is 5.91 Å². The Kier molecular flexibility index (Phi) is 5.16. The number of fused-ring (bicyclic) bond motifs is 3. The van der Waals surface area contributed by atoms with E-state index in [1.807, 2.05) is 0 Å². The van der Waals surface area contributed by atoms with E-state index in [-0.39, 0.29) is 18.1 Å². The molecule has 4 saturated carbocycles. The van der Waals surface area contributed by atoms with E-state index >= 15 is 0 Å². The summed E-state index contributed by atoms with van der Waals surface area (Å²) in [7, 11) is 0. The van der Waals surface area contributed by atoms with Crippen LogP contribution in [0.3, 0.4) is 0 Å². The summed E-state index contributed by atoms with van der Waals surface area (Å²) >= 11 is 0. The van der Waals surface area contributed by atoms with Crippen LogP contribution in [0.2, 0.25) is 0 Å². The normalized spacial score (nSPS) is 27.4. The highest BCUT2D eigenvalue weighted by atomic mass is 16.3. The van der Waals surface area contributed by atoms with E-state index in [0.717, 1.165) is 59.7 Å². The molecule has 5 heteroatoms. The maximum Gasteiger partial charge on any atom is 0.229 e. The van der Waals surface area contributed by atoms with Crippen LogP contribution in [-0.2, 0) is 30.5 Å². The van der Waals surface area contributed by atoms with Crippen LogP contribution in [-0.4, -0.2) is 21.0 Å². The monoisotopic (exact) mass is 479 g/mol. The van der Waals surface area contributed by atoms with Crippen molar-refractivity contribution in [2.75, 3.05) is 5.32 Å². The van der Waals surface area contributed by atoms with E-state index in [2.05, 4.69) is 29.6 Å². The molecule has 2 aromatic carbocycles. The van der Waals surface area contributed by atoms with Crippen LogP contribution in [0, 0.1) is 23.2 Å². The highest BCUT2D eigenvalue weighted by Gasteiger charge is 2.51. The second-order valence-corrected chi connectivity index (χ2v) is 12.0. The fourth-order valence-electron chi connectivity index (χ4n) is 8.18. The molecule has 0 aliphatic heterocycles. The number of benzene rings is 2. The largest absolute Gasteiger partial charge is 0.508 e. The van der Waals surface area contributed by atoms with Crippen molar-refractivity contribution in [1.82, 2.24) is 9.97 Å². The fraction of sp³-hybridized carbons (Fsp3) is 0.452. The molecule has 36 heavy (non-hydrogen) atoms. The van der Waals surface area contributed by atoms with Crippen molar-refractivity contribution in [3.8, 4) is 17.0 Å². The molecule has 1 amide bonds. The molecule has 0 unspecified atom stereocenters. The standard InChI is InChI=1S/C31H33N3O2/c35-24-8-5-19(6-9-24)14-28(36)34-30-27(18-31-15-20-11-21(16-31)13-22(12-20)17-31)32-29-25-4-2-1-3-23(25)7-10-26(29)33-30/h1-6,8-9,20-22,35H,7,10-18H2,(H,33,34,36). The van der Waals surface area contributed by atoms with E-state index in [9.17, 15) is 9.90 Å². The number of hydrogen-bond donors (Lipinski definition) is 2. The molecule has 5 nitrogen and oxygen atoms in total. The predicted molar refractivity (Wildman–Crippen MR) is 140 cm³/mol. The number of amides is 1. The first-order valence-corrected chi connectivity index (χ1v) is 13.6. The molecular formula is C31H33N3O2. The second kappa shape index (κ2) is 8.43. The van der Waals surface area contributed by atoms with Gasteiger partial charge in [0, 0.05) is 5.56 Å². The van der Waals surface area contributed by atoms with Crippen LogP contribution in [0.4, 0.5) is 5.82 Å². The molecule has 2 N–H and O–H groups in total. The number of aryl methyl sites for hydroxylation is 2. The number of rotatable bonds is 5. The number of aromatic hydroxyl groups is 1. The van der Waals surface area contributed by atoms with Crippen molar-refractivity contribution >= 4 is 11.7 Å². The third kappa shape index (κ3) is 3.99. The van der Waals surface area contributed by atoms with E-state index in [4.69, 9.17) is 9.97 Å². The van der Waals surface area contributed by atoms with Gasteiger partial charge in [-0.05, 0) is 104 Å². The zero-order valence-corrected chi connectivity index (χ0v) is 20.7. The molecule has 1 heterocycles. The molecule has 184 valence electrons. The lowest BCUT2D eigenvalue weighted by Gasteiger charge is -2.57. The van der Waals surface area contributed by atoms with Crippen LogP contribution in [0.15, 0.2) is 48.5 Å². The maximum absolute atomic E-state index is 13.1. The topological polar surface area (TPSA) is 75.1 Å². The van der Waals surface area contributed by atoms with Gasteiger partial charge in [0.1, 0.15) is 5.75 Å². The van der Waals surface area contributed by atoms with Crippen LogP contribution < -0.4 is 5.32 Å². The van der Waals surface area contributed by atoms with Crippen LogP contribution in [0.5, 0.6) is 5.75 Å². The van der Waals surface area contributed by atoms with E-state index in [1.165, 1.54) is 49.7 Å². The van der Waals surface area contributed by atoms with Gasteiger partial charge in [0.25, 0.3) is 0 Å². The SMILES string of the molecule is O=C(Cc1ccc(O)cc1)Nc1nc2c(nc1CC13CC4CC(CC(C4)C1)C3)-c1ccccc1CC2. The van der Waals surface area contributed by atoms with E-state index in [0.29, 0.717) is 11.2 Å². The number of nitrogens with one attached hydrogen (secondary N) is 1. The number of phenolic OH excluding ortho intramolecular Hbond substituents is 1. The van der Waals surface area contributed by atoms with Gasteiger partial charge in [-0.15, -0.1) is 0 Å². The number of aromatic nitrogens is 2. The molecule has 0 atom stereocenters. The first-order chi connectivity index (χ1) is 17.5. The first-order valence-electron chi connectivity index (χ1n) is 13.6. The Labute approximate surface area is 212 Å². The summed E-state index contributed by atoms with van der Waals surface area (Å²) in [6, 6.07) is 15.4. The number of carbonyl (C=O) groups excluding carboxylic acids is 1. The number of carbonyl (C=O) groups is 1. The summed E-state index contributed by atoms with van der Waals surface area (Å²) < 4.78 is 0. The lowest BCUT2D eigenvalue weighted by Crippen LogP contribution is -2.47. The highest BCUT2D eigenvalue weighted by molar-refractivity contribution is 5.92. The Morgan fingerprint density at radius 3 is 2.33 bits per heavy atom. The van der Waals surface area contributed by atoms with Gasteiger partial charge in [-0.25, -0.2) is 9.97 Å². The van der Waals surface area contributed by atoms with Gasteiger partial charge < -0.3 is 10.4 Å². The molecule has 4 bridgehead atoms. The third-order valence-corrected chi connectivity index (χ3v) is 9.21. The van der Waals surface area contributed by atoms with E-state index in [1.54, 1.807) is 24.3 Å². The lowest BCUT2D eigenvalue weighted by molar-refractivity contribution is -0.115. The second-order valence-electron chi connectivity index (χ2n) is 12.0.